The first-order chi connectivity index (χ1) is 15.4. The topological polar surface area (TPSA) is 76.8 Å². The number of fused-ring (bicyclic) bond motifs is 1. The Morgan fingerprint density at radius 2 is 2.00 bits per heavy atom. The highest BCUT2D eigenvalue weighted by Crippen LogP contribution is 2.28. The molecule has 0 spiro atoms. The standard InChI is InChI=1S/C23H24F2N4O3/c1-3-32-23(31)16-5-4-10-28(13-16)22(30)17-12-26-29-19(20(24)25)11-18(27-21(17)29)15-8-6-14(2)7-9-15/h6-9,11-12,16,20H,3-5,10,13H2,1-2H3/t16-/m0/s1. The first kappa shape index (κ1) is 21.9. The molecule has 1 saturated heterocycles. The summed E-state index contributed by atoms with van der Waals surface area (Å²) >= 11 is 0. The summed E-state index contributed by atoms with van der Waals surface area (Å²) in [5, 5.41) is 4.02. The van der Waals surface area contributed by atoms with E-state index in [-0.39, 0.29) is 41.9 Å². The molecule has 0 saturated carbocycles. The maximum Gasteiger partial charge on any atom is 0.310 e. The Balaban J connectivity index is 1.72. The van der Waals surface area contributed by atoms with Crippen LogP contribution in [0.15, 0.2) is 36.5 Å². The van der Waals surface area contributed by atoms with E-state index >= 15 is 0 Å². The molecule has 1 atom stereocenters. The van der Waals surface area contributed by atoms with Crippen molar-refractivity contribution in [1.82, 2.24) is 19.5 Å². The first-order valence-corrected chi connectivity index (χ1v) is 10.6. The van der Waals surface area contributed by atoms with Crippen molar-refractivity contribution < 1.29 is 23.1 Å². The molecule has 1 aromatic carbocycles. The second-order valence-corrected chi connectivity index (χ2v) is 7.87. The van der Waals surface area contributed by atoms with Gasteiger partial charge >= 0.3 is 5.97 Å². The number of alkyl halides is 2. The van der Waals surface area contributed by atoms with Crippen LogP contribution >= 0.6 is 0 Å². The van der Waals surface area contributed by atoms with E-state index < -0.39 is 12.3 Å². The summed E-state index contributed by atoms with van der Waals surface area (Å²) in [7, 11) is 0. The number of ether oxygens (including phenoxy) is 1. The minimum absolute atomic E-state index is 0.0710. The van der Waals surface area contributed by atoms with Gasteiger partial charge in [-0.25, -0.2) is 18.3 Å². The van der Waals surface area contributed by atoms with Crippen LogP contribution in [0.4, 0.5) is 8.78 Å². The molecule has 3 heterocycles. The third-order valence-corrected chi connectivity index (χ3v) is 5.63. The van der Waals surface area contributed by atoms with Gasteiger partial charge in [0.1, 0.15) is 11.3 Å². The molecule has 1 amide bonds. The lowest BCUT2D eigenvalue weighted by atomic mass is 9.97. The number of halogens is 2. The molecule has 9 heteroatoms. The summed E-state index contributed by atoms with van der Waals surface area (Å²) in [5.41, 5.74) is 1.90. The maximum absolute atomic E-state index is 13.8. The molecule has 1 aliphatic rings. The maximum atomic E-state index is 13.8. The monoisotopic (exact) mass is 442 g/mol. The van der Waals surface area contributed by atoms with Gasteiger partial charge in [0.2, 0.25) is 0 Å². The predicted molar refractivity (Wildman–Crippen MR) is 113 cm³/mol. The van der Waals surface area contributed by atoms with Gasteiger partial charge in [-0.2, -0.15) is 5.10 Å². The molecule has 7 nitrogen and oxygen atoms in total. The Bertz CT molecular complexity index is 1140. The number of aryl methyl sites for hydroxylation is 1. The van der Waals surface area contributed by atoms with Gasteiger partial charge in [0.15, 0.2) is 5.65 Å². The molecule has 1 fully saturated rings. The minimum Gasteiger partial charge on any atom is -0.466 e. The molecule has 3 aromatic rings. The van der Waals surface area contributed by atoms with Gasteiger partial charge in [0.25, 0.3) is 12.3 Å². The number of rotatable bonds is 5. The Morgan fingerprint density at radius 3 is 2.69 bits per heavy atom. The van der Waals surface area contributed by atoms with Crippen LogP contribution < -0.4 is 0 Å². The molecular formula is C23H24F2N4O3. The van der Waals surface area contributed by atoms with E-state index in [1.54, 1.807) is 24.0 Å². The van der Waals surface area contributed by atoms with E-state index in [1.165, 1.54) is 12.3 Å². The fraction of sp³-hybridized carbons (Fsp3) is 0.391. The first-order valence-electron chi connectivity index (χ1n) is 10.6. The Morgan fingerprint density at radius 1 is 1.25 bits per heavy atom. The summed E-state index contributed by atoms with van der Waals surface area (Å²) in [4.78, 5) is 31.5. The lowest BCUT2D eigenvalue weighted by molar-refractivity contribution is -0.149. The summed E-state index contributed by atoms with van der Waals surface area (Å²) in [6.45, 7) is 4.63. The Labute approximate surface area is 184 Å². The smallest absolute Gasteiger partial charge is 0.310 e. The van der Waals surface area contributed by atoms with E-state index in [0.29, 0.717) is 30.6 Å². The summed E-state index contributed by atoms with van der Waals surface area (Å²) in [5.74, 6) is -1.12. The molecule has 4 rings (SSSR count). The number of esters is 1. The molecule has 0 bridgehead atoms. The van der Waals surface area contributed by atoms with E-state index in [0.717, 1.165) is 10.1 Å². The normalized spacial score (nSPS) is 16.5. The molecule has 1 aliphatic heterocycles. The quantitative estimate of drug-likeness (QED) is 0.557. The van der Waals surface area contributed by atoms with E-state index in [2.05, 4.69) is 10.1 Å². The van der Waals surface area contributed by atoms with Gasteiger partial charge in [0.05, 0.1) is 24.4 Å². The van der Waals surface area contributed by atoms with Crippen LogP contribution in [0.25, 0.3) is 16.9 Å². The van der Waals surface area contributed by atoms with Crippen molar-refractivity contribution in [3.63, 3.8) is 0 Å². The Kier molecular flexibility index (Phi) is 6.16. The molecule has 32 heavy (non-hydrogen) atoms. The third kappa shape index (κ3) is 4.19. The molecule has 0 unspecified atom stereocenters. The largest absolute Gasteiger partial charge is 0.466 e. The van der Waals surface area contributed by atoms with E-state index in [4.69, 9.17) is 4.74 Å². The van der Waals surface area contributed by atoms with Crippen molar-refractivity contribution in [1.29, 1.82) is 0 Å². The molecule has 0 N–H and O–H groups in total. The van der Waals surface area contributed by atoms with Gasteiger partial charge in [-0.05, 0) is 32.8 Å². The van der Waals surface area contributed by atoms with Crippen molar-refractivity contribution in [2.24, 2.45) is 5.92 Å². The van der Waals surface area contributed by atoms with Gasteiger partial charge in [-0.3, -0.25) is 9.59 Å². The third-order valence-electron chi connectivity index (χ3n) is 5.63. The van der Waals surface area contributed by atoms with Gasteiger partial charge in [-0.1, -0.05) is 29.8 Å². The number of carbonyl (C=O) groups is 2. The average Bonchev–Trinajstić information content (AvgIpc) is 3.22. The number of aromatic nitrogens is 3. The predicted octanol–water partition coefficient (Wildman–Crippen LogP) is 4.06. The number of amides is 1. The second kappa shape index (κ2) is 9.02. The number of benzene rings is 1. The zero-order chi connectivity index (χ0) is 22.8. The number of hydrogen-bond donors (Lipinski definition) is 0. The van der Waals surface area contributed by atoms with Crippen molar-refractivity contribution in [3.05, 3.63) is 53.3 Å². The fourth-order valence-corrected chi connectivity index (χ4v) is 3.95. The highest BCUT2D eigenvalue weighted by atomic mass is 19.3. The van der Waals surface area contributed by atoms with Crippen LogP contribution in [0.3, 0.4) is 0 Å². The lowest BCUT2D eigenvalue weighted by Gasteiger charge is -2.31. The minimum atomic E-state index is -2.80. The number of nitrogens with zero attached hydrogens (tertiary/aromatic N) is 4. The highest BCUT2D eigenvalue weighted by molar-refractivity contribution is 6.00. The van der Waals surface area contributed by atoms with Crippen molar-refractivity contribution in [3.8, 4) is 11.3 Å². The number of carbonyl (C=O) groups excluding carboxylic acids is 2. The fourth-order valence-electron chi connectivity index (χ4n) is 3.95. The number of hydrogen-bond acceptors (Lipinski definition) is 5. The van der Waals surface area contributed by atoms with Crippen molar-refractivity contribution >= 4 is 17.5 Å². The van der Waals surface area contributed by atoms with Crippen LogP contribution in [0, 0.1) is 12.8 Å². The molecule has 0 aliphatic carbocycles. The van der Waals surface area contributed by atoms with Crippen LogP contribution in [-0.2, 0) is 9.53 Å². The average molecular weight is 442 g/mol. The summed E-state index contributed by atoms with van der Waals surface area (Å²) in [6.07, 6.45) is -0.235. The van der Waals surface area contributed by atoms with Crippen molar-refractivity contribution in [2.45, 2.75) is 33.1 Å². The van der Waals surface area contributed by atoms with Gasteiger partial charge in [0, 0.05) is 18.7 Å². The molecule has 2 aromatic heterocycles. The van der Waals surface area contributed by atoms with Gasteiger partial charge < -0.3 is 9.64 Å². The highest BCUT2D eigenvalue weighted by Gasteiger charge is 2.32. The van der Waals surface area contributed by atoms with Crippen LogP contribution in [0.1, 0.15) is 47.8 Å². The molecule has 168 valence electrons. The van der Waals surface area contributed by atoms with Crippen LogP contribution in [0.5, 0.6) is 0 Å². The van der Waals surface area contributed by atoms with E-state index in [9.17, 15) is 18.4 Å². The number of piperidine rings is 1. The van der Waals surface area contributed by atoms with Crippen LogP contribution in [0.2, 0.25) is 0 Å². The summed E-state index contributed by atoms with van der Waals surface area (Å²) < 4.78 is 33.7. The van der Waals surface area contributed by atoms with Crippen molar-refractivity contribution in [2.75, 3.05) is 19.7 Å². The number of likely N-dealkylation sites (tertiary alicyclic amines) is 1. The van der Waals surface area contributed by atoms with E-state index in [1.807, 2.05) is 19.1 Å². The van der Waals surface area contributed by atoms with Crippen LogP contribution in [-0.4, -0.2) is 51.1 Å². The zero-order valence-corrected chi connectivity index (χ0v) is 17.9. The van der Waals surface area contributed by atoms with Gasteiger partial charge in [-0.15, -0.1) is 0 Å². The lowest BCUT2D eigenvalue weighted by Crippen LogP contribution is -2.42. The second-order valence-electron chi connectivity index (χ2n) is 7.87. The molecular weight excluding hydrogens is 418 g/mol. The SMILES string of the molecule is CCOC(=O)[C@H]1CCCN(C(=O)c2cnn3c(C(F)F)cc(-c4ccc(C)cc4)nc23)C1. The zero-order valence-electron chi connectivity index (χ0n) is 17.9. The molecule has 0 radical (unpaired) electrons. The Hall–Kier alpha value is -3.36. The summed E-state index contributed by atoms with van der Waals surface area (Å²) in [6, 6.07) is 8.64.